The van der Waals surface area contributed by atoms with E-state index >= 15 is 0 Å². The van der Waals surface area contributed by atoms with Gasteiger partial charge in [-0.1, -0.05) is 19.8 Å². The standard InChI is InChI=1S/C22H28N4O5/c1-14-5-2-3-11-22(14)20(29)26(21(30)25-22)13-18(27)23-15-7-9-16(10-8-15)24-19(28)17-6-4-12-31-17/h7-10,14,17H,2-6,11-13H2,1H3,(H,23,27)(H,24,28)(H,25,30). The molecule has 0 radical (unpaired) electrons. The van der Waals surface area contributed by atoms with Gasteiger partial charge < -0.3 is 20.7 Å². The van der Waals surface area contributed by atoms with Crippen molar-refractivity contribution < 1.29 is 23.9 Å². The summed E-state index contributed by atoms with van der Waals surface area (Å²) in [5.74, 6) is -0.908. The quantitative estimate of drug-likeness (QED) is 0.622. The molecule has 0 aromatic heterocycles. The zero-order chi connectivity index (χ0) is 22.0. The van der Waals surface area contributed by atoms with Crippen LogP contribution in [0.5, 0.6) is 0 Å². The van der Waals surface area contributed by atoms with Crippen LogP contribution in [0.2, 0.25) is 0 Å². The molecular weight excluding hydrogens is 400 g/mol. The average Bonchev–Trinajstić information content (AvgIpc) is 3.36. The predicted molar refractivity (Wildman–Crippen MR) is 113 cm³/mol. The molecule has 9 heteroatoms. The number of hydrogen-bond acceptors (Lipinski definition) is 5. The first kappa shape index (κ1) is 21.3. The number of benzene rings is 1. The molecule has 3 N–H and O–H groups in total. The van der Waals surface area contributed by atoms with Crippen LogP contribution in [0.15, 0.2) is 24.3 Å². The summed E-state index contributed by atoms with van der Waals surface area (Å²) >= 11 is 0. The lowest BCUT2D eigenvalue weighted by Gasteiger charge is -2.36. The van der Waals surface area contributed by atoms with Crippen LogP contribution in [0.1, 0.15) is 45.4 Å². The van der Waals surface area contributed by atoms with Crippen molar-refractivity contribution in [3.05, 3.63) is 24.3 Å². The van der Waals surface area contributed by atoms with Gasteiger partial charge in [-0.2, -0.15) is 0 Å². The van der Waals surface area contributed by atoms with Crippen molar-refractivity contribution in [2.75, 3.05) is 23.8 Å². The van der Waals surface area contributed by atoms with Crippen LogP contribution >= 0.6 is 0 Å². The summed E-state index contributed by atoms with van der Waals surface area (Å²) in [6, 6.07) is 6.14. The molecule has 2 aliphatic heterocycles. The number of rotatable bonds is 5. The Balaban J connectivity index is 1.33. The van der Waals surface area contributed by atoms with E-state index in [0.29, 0.717) is 30.8 Å². The Labute approximate surface area is 180 Å². The minimum atomic E-state index is -0.876. The van der Waals surface area contributed by atoms with Crippen molar-refractivity contribution in [1.82, 2.24) is 10.2 Å². The van der Waals surface area contributed by atoms with Crippen LogP contribution in [0.25, 0.3) is 0 Å². The lowest BCUT2D eigenvalue weighted by atomic mass is 9.73. The summed E-state index contributed by atoms with van der Waals surface area (Å²) in [6.07, 6.45) is 4.57. The number of hydrogen-bond donors (Lipinski definition) is 3. The Kier molecular flexibility index (Phi) is 5.95. The maximum atomic E-state index is 13.0. The second-order valence-electron chi connectivity index (χ2n) is 8.56. The number of imide groups is 1. The Morgan fingerprint density at radius 1 is 1.10 bits per heavy atom. The monoisotopic (exact) mass is 428 g/mol. The van der Waals surface area contributed by atoms with E-state index < -0.39 is 23.6 Å². The summed E-state index contributed by atoms with van der Waals surface area (Å²) < 4.78 is 5.36. The van der Waals surface area contributed by atoms with Crippen LogP contribution in [0, 0.1) is 5.92 Å². The number of nitrogens with one attached hydrogen (secondary N) is 3. The summed E-state index contributed by atoms with van der Waals surface area (Å²) in [7, 11) is 0. The largest absolute Gasteiger partial charge is 0.368 e. The van der Waals surface area contributed by atoms with Gasteiger partial charge >= 0.3 is 6.03 Å². The molecule has 2 heterocycles. The maximum absolute atomic E-state index is 13.0. The number of nitrogens with zero attached hydrogens (tertiary/aromatic N) is 1. The second-order valence-corrected chi connectivity index (χ2v) is 8.56. The third kappa shape index (κ3) is 4.27. The molecule has 1 aromatic carbocycles. The van der Waals surface area contributed by atoms with Gasteiger partial charge in [0, 0.05) is 18.0 Å². The Bertz CT molecular complexity index is 880. The van der Waals surface area contributed by atoms with E-state index in [4.69, 9.17) is 4.74 Å². The zero-order valence-corrected chi connectivity index (χ0v) is 17.6. The predicted octanol–water partition coefficient (Wildman–Crippen LogP) is 2.24. The summed E-state index contributed by atoms with van der Waals surface area (Å²) in [6.45, 7) is 2.23. The topological polar surface area (TPSA) is 117 Å². The number of ether oxygens (including phenoxy) is 1. The lowest BCUT2D eigenvalue weighted by Crippen LogP contribution is -2.54. The molecule has 9 nitrogen and oxygen atoms in total. The number of amides is 5. The number of urea groups is 1. The SMILES string of the molecule is CC1CCCCC12NC(=O)N(CC(=O)Nc1ccc(NC(=O)C3CCCO3)cc1)C2=O. The molecular formula is C22H28N4O5. The summed E-state index contributed by atoms with van der Waals surface area (Å²) in [5, 5.41) is 8.33. The highest BCUT2D eigenvalue weighted by atomic mass is 16.5. The third-order valence-electron chi connectivity index (χ3n) is 6.46. The molecule has 3 unspecified atom stereocenters. The minimum Gasteiger partial charge on any atom is -0.368 e. The van der Waals surface area contributed by atoms with E-state index in [1.54, 1.807) is 24.3 Å². The van der Waals surface area contributed by atoms with Gasteiger partial charge in [0.1, 0.15) is 18.2 Å². The number of anilines is 2. The van der Waals surface area contributed by atoms with Crippen LogP contribution in [-0.2, 0) is 19.1 Å². The molecule has 3 aliphatic rings. The highest BCUT2D eigenvalue weighted by molar-refractivity contribution is 6.10. The van der Waals surface area contributed by atoms with Gasteiger partial charge in [-0.05, 0) is 55.9 Å². The Morgan fingerprint density at radius 3 is 2.45 bits per heavy atom. The van der Waals surface area contributed by atoms with Crippen molar-refractivity contribution >= 4 is 35.1 Å². The van der Waals surface area contributed by atoms with Gasteiger partial charge in [-0.25, -0.2) is 4.79 Å². The summed E-state index contributed by atoms with van der Waals surface area (Å²) in [5.41, 5.74) is 0.229. The molecule has 1 aromatic rings. The lowest BCUT2D eigenvalue weighted by molar-refractivity contribution is -0.136. The first-order valence-corrected chi connectivity index (χ1v) is 10.9. The molecule has 0 bridgehead atoms. The first-order chi connectivity index (χ1) is 14.9. The minimum absolute atomic E-state index is 0.0446. The van der Waals surface area contributed by atoms with Gasteiger partial charge in [-0.3, -0.25) is 19.3 Å². The van der Waals surface area contributed by atoms with E-state index in [2.05, 4.69) is 16.0 Å². The fourth-order valence-corrected chi connectivity index (χ4v) is 4.63. The Hall–Kier alpha value is -2.94. The molecule has 5 amide bonds. The average molecular weight is 428 g/mol. The third-order valence-corrected chi connectivity index (χ3v) is 6.46. The van der Waals surface area contributed by atoms with Crippen molar-refractivity contribution in [1.29, 1.82) is 0 Å². The second kappa shape index (κ2) is 8.66. The van der Waals surface area contributed by atoms with Crippen molar-refractivity contribution in [3.63, 3.8) is 0 Å². The highest BCUT2D eigenvalue weighted by Crippen LogP contribution is 2.38. The molecule has 1 saturated carbocycles. The molecule has 166 valence electrons. The highest BCUT2D eigenvalue weighted by Gasteiger charge is 2.55. The molecule has 2 saturated heterocycles. The molecule has 1 aliphatic carbocycles. The van der Waals surface area contributed by atoms with Gasteiger partial charge in [0.2, 0.25) is 5.91 Å². The van der Waals surface area contributed by atoms with Crippen LogP contribution in [0.4, 0.5) is 16.2 Å². The van der Waals surface area contributed by atoms with Crippen LogP contribution in [-0.4, -0.2) is 53.4 Å². The van der Waals surface area contributed by atoms with Gasteiger partial charge in [0.15, 0.2) is 0 Å². The van der Waals surface area contributed by atoms with Crippen LogP contribution in [0.3, 0.4) is 0 Å². The van der Waals surface area contributed by atoms with Crippen molar-refractivity contribution in [2.24, 2.45) is 5.92 Å². The molecule has 4 rings (SSSR count). The van der Waals surface area contributed by atoms with Crippen molar-refractivity contribution in [2.45, 2.75) is 57.1 Å². The smallest absolute Gasteiger partial charge is 0.325 e. The van der Waals surface area contributed by atoms with E-state index in [1.165, 1.54) is 0 Å². The van der Waals surface area contributed by atoms with E-state index in [1.807, 2.05) is 6.92 Å². The normalized spacial score (nSPS) is 28.0. The zero-order valence-electron chi connectivity index (χ0n) is 17.6. The van der Waals surface area contributed by atoms with E-state index in [-0.39, 0.29) is 24.3 Å². The summed E-state index contributed by atoms with van der Waals surface area (Å²) in [4.78, 5) is 51.0. The first-order valence-electron chi connectivity index (χ1n) is 10.9. The van der Waals surface area contributed by atoms with E-state index in [9.17, 15) is 19.2 Å². The maximum Gasteiger partial charge on any atom is 0.325 e. The van der Waals surface area contributed by atoms with Crippen LogP contribution < -0.4 is 16.0 Å². The molecule has 3 fully saturated rings. The fraction of sp³-hybridized carbons (Fsp3) is 0.545. The van der Waals surface area contributed by atoms with Gasteiger partial charge in [0.25, 0.3) is 11.8 Å². The van der Waals surface area contributed by atoms with E-state index in [0.717, 1.165) is 30.6 Å². The molecule has 1 spiro atoms. The Morgan fingerprint density at radius 2 is 1.81 bits per heavy atom. The van der Waals surface area contributed by atoms with Gasteiger partial charge in [0.05, 0.1) is 0 Å². The number of carbonyl (C=O) groups is 4. The molecule has 3 atom stereocenters. The van der Waals surface area contributed by atoms with Crippen molar-refractivity contribution in [3.8, 4) is 0 Å². The number of carbonyl (C=O) groups excluding carboxylic acids is 4. The molecule has 31 heavy (non-hydrogen) atoms. The fourth-order valence-electron chi connectivity index (χ4n) is 4.63. The van der Waals surface area contributed by atoms with Gasteiger partial charge in [-0.15, -0.1) is 0 Å².